The van der Waals surface area contributed by atoms with Crippen LogP contribution in [-0.2, 0) is 14.6 Å². The number of carboxylic acid groups (broad SMARTS) is 1. The van der Waals surface area contributed by atoms with Crippen molar-refractivity contribution in [3.8, 4) is 11.4 Å². The van der Waals surface area contributed by atoms with Gasteiger partial charge in [0.15, 0.2) is 5.03 Å². The molecule has 0 aliphatic carbocycles. The van der Waals surface area contributed by atoms with Crippen molar-refractivity contribution < 1.29 is 18.3 Å². The van der Waals surface area contributed by atoms with E-state index in [2.05, 4.69) is 9.97 Å². The Morgan fingerprint density at radius 3 is 2.33 bits per heavy atom. The second-order valence-corrected chi connectivity index (χ2v) is 9.20. The van der Waals surface area contributed by atoms with E-state index < -0.39 is 21.1 Å². The van der Waals surface area contributed by atoms with Crippen LogP contribution in [0, 0.1) is 6.92 Å². The average Bonchev–Trinajstić information content (AvgIpc) is 3.07. The monoisotopic (exact) mass is 401 g/mol. The molecule has 0 fully saturated rings. The number of benzene rings is 2. The molecule has 1 unspecified atom stereocenters. The molecule has 0 bridgehead atoms. The van der Waals surface area contributed by atoms with Gasteiger partial charge in [-0.25, -0.2) is 13.4 Å². The number of H-pyrrole nitrogens is 1. The number of carbonyl (C=O) groups is 1. The number of aromatic nitrogens is 2. The lowest BCUT2D eigenvalue weighted by molar-refractivity contribution is -0.304. The Labute approximate surface area is 161 Å². The summed E-state index contributed by atoms with van der Waals surface area (Å²) >= 11 is 0.835. The number of aromatic amines is 1. The van der Waals surface area contributed by atoms with Crippen LogP contribution < -0.4 is 5.11 Å². The number of carboxylic acids is 1. The Balaban J connectivity index is 2.13. The number of aliphatic carboxylic acids is 1. The largest absolute Gasteiger partial charge is 0.549 e. The third kappa shape index (κ3) is 4.06. The number of hydrogen-bond acceptors (Lipinski definition) is 6. The molecule has 0 radical (unpaired) electrons. The number of sulfone groups is 1. The number of nitrogens with zero attached hydrogens (tertiary/aromatic N) is 1. The first kappa shape index (κ1) is 19.2. The number of carbonyl (C=O) groups excluding carboxylic acids is 1. The van der Waals surface area contributed by atoms with Gasteiger partial charge in [-0.1, -0.05) is 59.8 Å². The number of nitrogens with one attached hydrogen (secondary N) is 1. The number of rotatable bonds is 6. The first-order valence-corrected chi connectivity index (χ1v) is 10.5. The van der Waals surface area contributed by atoms with Gasteiger partial charge in [-0.3, -0.25) is 0 Å². The van der Waals surface area contributed by atoms with E-state index >= 15 is 0 Å². The molecule has 0 spiro atoms. The first-order valence-electron chi connectivity index (χ1n) is 8.13. The maximum absolute atomic E-state index is 13.1. The molecule has 0 aliphatic rings. The molecule has 2 aromatic carbocycles. The Morgan fingerprint density at radius 2 is 1.74 bits per heavy atom. The quantitative estimate of drug-likeness (QED) is 0.637. The highest BCUT2D eigenvalue weighted by Gasteiger charge is 2.27. The zero-order valence-corrected chi connectivity index (χ0v) is 16.3. The predicted octanol–water partition coefficient (Wildman–Crippen LogP) is 2.45. The molecule has 6 nitrogen and oxygen atoms in total. The van der Waals surface area contributed by atoms with Gasteiger partial charge in [-0.15, -0.1) is 0 Å². The van der Waals surface area contributed by atoms with Crippen LogP contribution in [0.15, 0.2) is 69.5 Å². The zero-order chi connectivity index (χ0) is 19.6. The summed E-state index contributed by atoms with van der Waals surface area (Å²) in [5, 5.41) is 10.2. The summed E-state index contributed by atoms with van der Waals surface area (Å²) < 4.78 is 26.2. The maximum Gasteiger partial charge on any atom is 0.224 e. The summed E-state index contributed by atoms with van der Waals surface area (Å²) in [5.74, 6) is -0.933. The fraction of sp³-hybridized carbons (Fsp3) is 0.158. The van der Waals surface area contributed by atoms with Crippen molar-refractivity contribution in [1.82, 2.24) is 9.97 Å². The summed E-state index contributed by atoms with van der Waals surface area (Å²) in [6.45, 7) is 3.29. The number of thioether (sulfide) groups is 1. The third-order valence-electron chi connectivity index (χ3n) is 3.91. The van der Waals surface area contributed by atoms with Gasteiger partial charge in [-0.05, 0) is 26.0 Å². The molecule has 0 saturated carbocycles. The van der Waals surface area contributed by atoms with Gasteiger partial charge in [0.1, 0.15) is 10.9 Å². The maximum atomic E-state index is 13.1. The van der Waals surface area contributed by atoms with Crippen LogP contribution in [0.5, 0.6) is 0 Å². The summed E-state index contributed by atoms with van der Waals surface area (Å²) in [5.41, 5.74) is 1.63. The highest BCUT2D eigenvalue weighted by Crippen LogP contribution is 2.33. The van der Waals surface area contributed by atoms with Crippen molar-refractivity contribution in [2.24, 2.45) is 0 Å². The van der Waals surface area contributed by atoms with Crippen LogP contribution in [0.3, 0.4) is 0 Å². The number of imidazole rings is 1. The lowest BCUT2D eigenvalue weighted by Crippen LogP contribution is -2.31. The van der Waals surface area contributed by atoms with Gasteiger partial charge >= 0.3 is 0 Å². The molecular weight excluding hydrogens is 384 g/mol. The Morgan fingerprint density at radius 1 is 1.11 bits per heavy atom. The van der Waals surface area contributed by atoms with Crippen LogP contribution in [0.1, 0.15) is 12.5 Å². The Hall–Kier alpha value is -2.58. The van der Waals surface area contributed by atoms with Crippen molar-refractivity contribution in [2.45, 2.75) is 34.0 Å². The van der Waals surface area contributed by atoms with E-state index in [0.717, 1.165) is 17.3 Å². The highest BCUT2D eigenvalue weighted by atomic mass is 32.2. The van der Waals surface area contributed by atoms with E-state index in [0.29, 0.717) is 11.4 Å². The zero-order valence-electron chi connectivity index (χ0n) is 14.7. The molecule has 3 rings (SSSR count). The van der Waals surface area contributed by atoms with Crippen molar-refractivity contribution >= 4 is 27.6 Å². The Kier molecular flexibility index (Phi) is 5.38. The molecule has 0 amide bonds. The van der Waals surface area contributed by atoms with Gasteiger partial charge in [0.2, 0.25) is 9.84 Å². The highest BCUT2D eigenvalue weighted by molar-refractivity contribution is 8.01. The van der Waals surface area contributed by atoms with Crippen LogP contribution in [0.25, 0.3) is 11.4 Å². The van der Waals surface area contributed by atoms with Crippen molar-refractivity contribution in [3.05, 3.63) is 60.2 Å². The molecule has 1 N–H and O–H groups in total. The fourth-order valence-corrected chi connectivity index (χ4v) is 4.83. The second kappa shape index (κ2) is 7.58. The normalized spacial score (nSPS) is 12.7. The second-order valence-electron chi connectivity index (χ2n) is 5.98. The van der Waals surface area contributed by atoms with Crippen LogP contribution >= 0.6 is 11.8 Å². The molecule has 3 aromatic rings. The topological polar surface area (TPSA) is 103 Å². The first-order chi connectivity index (χ1) is 12.8. The van der Waals surface area contributed by atoms with Crippen molar-refractivity contribution in [1.29, 1.82) is 0 Å². The lowest BCUT2D eigenvalue weighted by Gasteiger charge is -2.11. The standard InChI is InChI=1S/C19H18N2O4S2/c1-12-8-10-15(11-9-12)27(24,25)18-17(26-13(2)19(22)23)20-16(21-18)14-6-4-3-5-7-14/h3-11,13H,1-2H3,(H,20,21)(H,22,23)/p-1. The van der Waals surface area contributed by atoms with Gasteiger partial charge in [0, 0.05) is 10.8 Å². The average molecular weight is 401 g/mol. The van der Waals surface area contributed by atoms with Gasteiger partial charge in [-0.2, -0.15) is 0 Å². The van der Waals surface area contributed by atoms with E-state index in [-0.39, 0.29) is 14.9 Å². The number of aryl methyl sites for hydroxylation is 1. The molecule has 0 aliphatic heterocycles. The minimum Gasteiger partial charge on any atom is -0.549 e. The summed E-state index contributed by atoms with van der Waals surface area (Å²) in [6, 6.07) is 15.5. The van der Waals surface area contributed by atoms with Gasteiger partial charge in [0.25, 0.3) is 0 Å². The molecule has 1 aromatic heterocycles. The number of hydrogen-bond donors (Lipinski definition) is 1. The molecule has 0 saturated heterocycles. The van der Waals surface area contributed by atoms with Gasteiger partial charge < -0.3 is 14.9 Å². The van der Waals surface area contributed by atoms with E-state index in [4.69, 9.17) is 0 Å². The minimum absolute atomic E-state index is 0.103. The molecular formula is C19H17N2O4S2-. The summed E-state index contributed by atoms with van der Waals surface area (Å²) in [7, 11) is -3.90. The van der Waals surface area contributed by atoms with Crippen molar-refractivity contribution in [2.75, 3.05) is 0 Å². The van der Waals surface area contributed by atoms with E-state index in [1.807, 2.05) is 25.1 Å². The molecule has 1 atom stereocenters. The third-order valence-corrected chi connectivity index (χ3v) is 6.83. The van der Waals surface area contributed by atoms with E-state index in [1.54, 1.807) is 24.3 Å². The summed E-state index contributed by atoms with van der Waals surface area (Å²) in [4.78, 5) is 18.5. The predicted molar refractivity (Wildman–Crippen MR) is 101 cm³/mol. The molecule has 8 heteroatoms. The minimum atomic E-state index is -3.90. The smallest absolute Gasteiger partial charge is 0.224 e. The van der Waals surface area contributed by atoms with E-state index in [1.165, 1.54) is 19.1 Å². The molecule has 1 heterocycles. The summed E-state index contributed by atoms with van der Waals surface area (Å²) in [6.07, 6.45) is 0. The molecule has 140 valence electrons. The van der Waals surface area contributed by atoms with Crippen LogP contribution in [-0.4, -0.2) is 29.6 Å². The molecule has 27 heavy (non-hydrogen) atoms. The fourth-order valence-electron chi connectivity index (χ4n) is 2.39. The van der Waals surface area contributed by atoms with E-state index in [9.17, 15) is 18.3 Å². The Bertz CT molecular complexity index is 1060. The van der Waals surface area contributed by atoms with Gasteiger partial charge in [0.05, 0.1) is 10.9 Å². The lowest BCUT2D eigenvalue weighted by atomic mass is 10.2. The SMILES string of the molecule is Cc1ccc(S(=O)(=O)c2[nH]c(-c3ccccc3)nc2SC(C)C(=O)[O-])cc1. The van der Waals surface area contributed by atoms with Crippen molar-refractivity contribution in [3.63, 3.8) is 0 Å². The van der Waals surface area contributed by atoms with Crippen LogP contribution in [0.2, 0.25) is 0 Å². The van der Waals surface area contributed by atoms with Crippen LogP contribution in [0.4, 0.5) is 0 Å².